The molecule has 0 aliphatic carbocycles. The number of carbonyl (C=O) groups excluding carboxylic acids is 1. The number of hydrogen-bond acceptors (Lipinski definition) is 4. The van der Waals surface area contributed by atoms with E-state index in [0.717, 1.165) is 5.56 Å². The smallest absolute Gasteiger partial charge is 0.416 e. The number of hydrogen-bond donors (Lipinski definition) is 0. The molecular formula is C21H24N2O4S. The van der Waals surface area contributed by atoms with Gasteiger partial charge in [-0.15, -0.1) is 0 Å². The Bertz CT molecular complexity index is 1010. The molecule has 1 amide bonds. The summed E-state index contributed by atoms with van der Waals surface area (Å²) >= 11 is 0. The van der Waals surface area contributed by atoms with Crippen LogP contribution in [0.15, 0.2) is 66.1 Å². The van der Waals surface area contributed by atoms with E-state index in [1.165, 1.54) is 15.3 Å². The van der Waals surface area contributed by atoms with Crippen molar-refractivity contribution in [2.45, 2.75) is 44.4 Å². The second-order valence-electron chi connectivity index (χ2n) is 7.60. The summed E-state index contributed by atoms with van der Waals surface area (Å²) in [7, 11) is -3.93. The molecule has 0 aromatic heterocycles. The van der Waals surface area contributed by atoms with Gasteiger partial charge in [0.15, 0.2) is 0 Å². The molecule has 1 aliphatic heterocycles. The van der Waals surface area contributed by atoms with Crippen LogP contribution in [0.1, 0.15) is 26.3 Å². The lowest BCUT2D eigenvalue weighted by Crippen LogP contribution is -2.48. The van der Waals surface area contributed by atoms with Crippen LogP contribution in [0, 0.1) is 6.92 Å². The van der Waals surface area contributed by atoms with Crippen molar-refractivity contribution < 1.29 is 17.9 Å². The zero-order valence-electron chi connectivity index (χ0n) is 16.4. The summed E-state index contributed by atoms with van der Waals surface area (Å²) in [5, 5.41) is 0. The van der Waals surface area contributed by atoms with Crippen LogP contribution in [-0.2, 0) is 14.8 Å². The lowest BCUT2D eigenvalue weighted by Gasteiger charge is -2.30. The third-order valence-electron chi connectivity index (χ3n) is 4.26. The van der Waals surface area contributed by atoms with Crippen molar-refractivity contribution in [2.24, 2.45) is 0 Å². The van der Waals surface area contributed by atoms with Gasteiger partial charge in [0.2, 0.25) is 0 Å². The van der Waals surface area contributed by atoms with Gasteiger partial charge in [-0.05, 0) is 58.0 Å². The van der Waals surface area contributed by atoms with Crippen molar-refractivity contribution in [3.8, 4) is 0 Å². The predicted octanol–water partition coefficient (Wildman–Crippen LogP) is 4.46. The van der Waals surface area contributed by atoms with E-state index in [9.17, 15) is 13.2 Å². The quantitative estimate of drug-likeness (QED) is 0.714. The first-order chi connectivity index (χ1) is 13.1. The van der Waals surface area contributed by atoms with Crippen molar-refractivity contribution in [1.82, 2.24) is 0 Å². The van der Waals surface area contributed by atoms with Crippen LogP contribution in [0.2, 0.25) is 0 Å². The fourth-order valence-electron chi connectivity index (χ4n) is 3.06. The highest BCUT2D eigenvalue weighted by Gasteiger charge is 2.45. The van der Waals surface area contributed by atoms with E-state index in [-0.39, 0.29) is 4.90 Å². The summed E-state index contributed by atoms with van der Waals surface area (Å²) in [5.41, 5.74) is 1.09. The first-order valence-corrected chi connectivity index (χ1v) is 10.3. The van der Waals surface area contributed by atoms with Crippen molar-refractivity contribution in [3.63, 3.8) is 0 Å². The van der Waals surface area contributed by atoms with Gasteiger partial charge in [0.05, 0.1) is 16.3 Å². The lowest BCUT2D eigenvalue weighted by atomic mass is 10.2. The molecule has 1 aliphatic rings. The van der Waals surface area contributed by atoms with Gasteiger partial charge in [0, 0.05) is 0 Å². The topological polar surface area (TPSA) is 66.9 Å². The summed E-state index contributed by atoms with van der Waals surface area (Å²) in [6, 6.07) is 13.4. The molecule has 0 radical (unpaired) electrons. The van der Waals surface area contributed by atoms with Gasteiger partial charge >= 0.3 is 6.09 Å². The normalized spacial score (nSPS) is 16.6. The Balaban J connectivity index is 2.13. The zero-order valence-corrected chi connectivity index (χ0v) is 17.2. The van der Waals surface area contributed by atoms with Gasteiger partial charge in [0.25, 0.3) is 10.0 Å². The van der Waals surface area contributed by atoms with Crippen LogP contribution in [0.4, 0.5) is 16.2 Å². The predicted molar refractivity (Wildman–Crippen MR) is 110 cm³/mol. The molecule has 28 heavy (non-hydrogen) atoms. The second kappa shape index (κ2) is 6.98. The number of nitrogens with zero attached hydrogens (tertiary/aromatic N) is 2. The summed E-state index contributed by atoms with van der Waals surface area (Å²) in [6.07, 6.45) is -0.139. The number of aryl methyl sites for hydroxylation is 1. The van der Waals surface area contributed by atoms with Crippen LogP contribution in [0.5, 0.6) is 0 Å². The van der Waals surface area contributed by atoms with Crippen molar-refractivity contribution in [3.05, 3.63) is 66.7 Å². The summed E-state index contributed by atoms with van der Waals surface area (Å²) in [5.74, 6) is 0. The molecule has 0 bridgehead atoms. The van der Waals surface area contributed by atoms with Crippen molar-refractivity contribution >= 4 is 27.5 Å². The number of fused-ring (bicyclic) bond motifs is 1. The molecule has 148 valence electrons. The Kier molecular flexibility index (Phi) is 4.97. The molecule has 1 unspecified atom stereocenters. The third kappa shape index (κ3) is 3.49. The number of amides is 1. The number of ether oxygens (including phenoxy) is 1. The van der Waals surface area contributed by atoms with E-state index < -0.39 is 27.9 Å². The van der Waals surface area contributed by atoms with Crippen molar-refractivity contribution in [2.75, 3.05) is 9.21 Å². The van der Waals surface area contributed by atoms with Crippen LogP contribution in [-0.4, -0.2) is 26.3 Å². The molecule has 6 nitrogen and oxygen atoms in total. The highest BCUT2D eigenvalue weighted by atomic mass is 32.2. The van der Waals surface area contributed by atoms with Gasteiger partial charge in [-0.2, -0.15) is 0 Å². The Morgan fingerprint density at radius 2 is 1.64 bits per heavy atom. The zero-order chi connectivity index (χ0) is 20.7. The Labute approximate surface area is 166 Å². The number of carbonyl (C=O) groups is 1. The molecule has 7 heteroatoms. The molecule has 3 rings (SSSR count). The first kappa shape index (κ1) is 19.9. The largest absolute Gasteiger partial charge is 0.443 e. The highest BCUT2D eigenvalue weighted by molar-refractivity contribution is 7.93. The molecular weight excluding hydrogens is 376 g/mol. The molecule has 2 aromatic carbocycles. The van der Waals surface area contributed by atoms with Gasteiger partial charge in [0.1, 0.15) is 11.8 Å². The van der Waals surface area contributed by atoms with Crippen LogP contribution in [0.25, 0.3) is 0 Å². The fraction of sp³-hybridized carbons (Fsp3) is 0.286. The Morgan fingerprint density at radius 3 is 2.18 bits per heavy atom. The number of benzene rings is 2. The molecule has 0 N–H and O–H groups in total. The van der Waals surface area contributed by atoms with E-state index in [1.807, 2.05) is 6.92 Å². The van der Waals surface area contributed by atoms with Crippen molar-refractivity contribution in [1.29, 1.82) is 0 Å². The highest BCUT2D eigenvalue weighted by Crippen LogP contribution is 2.43. The molecule has 0 spiro atoms. The Morgan fingerprint density at radius 1 is 1.07 bits per heavy atom. The average Bonchev–Trinajstić information content (AvgIpc) is 2.95. The first-order valence-electron chi connectivity index (χ1n) is 8.91. The van der Waals surface area contributed by atoms with Gasteiger partial charge < -0.3 is 4.74 Å². The minimum absolute atomic E-state index is 0.144. The van der Waals surface area contributed by atoms with E-state index in [2.05, 4.69) is 6.58 Å². The standard InChI is InChI=1S/C21H24N2O4S/c1-6-19-22(20(24)27-21(3,4)5)17-9-7-8-10-18(17)23(19)28(25,26)16-13-11-15(2)12-14-16/h6-14,19H,1H2,2-5H3. The fourth-order valence-corrected chi connectivity index (χ4v) is 4.64. The average molecular weight is 401 g/mol. The SMILES string of the molecule is C=CC1N(C(=O)OC(C)(C)C)c2ccccc2N1S(=O)(=O)c1ccc(C)cc1. The van der Waals surface area contributed by atoms with E-state index >= 15 is 0 Å². The van der Waals surface area contributed by atoms with E-state index in [1.54, 1.807) is 69.3 Å². The van der Waals surface area contributed by atoms with Crippen LogP contribution < -0.4 is 9.21 Å². The minimum atomic E-state index is -3.93. The lowest BCUT2D eigenvalue weighted by molar-refractivity contribution is 0.0576. The maximum absolute atomic E-state index is 13.4. The van der Waals surface area contributed by atoms with E-state index in [0.29, 0.717) is 11.4 Å². The van der Waals surface area contributed by atoms with Crippen LogP contribution >= 0.6 is 0 Å². The van der Waals surface area contributed by atoms with Gasteiger partial charge in [-0.25, -0.2) is 22.4 Å². The maximum atomic E-state index is 13.4. The number of rotatable bonds is 3. The molecule has 0 saturated heterocycles. The Hall–Kier alpha value is -2.80. The van der Waals surface area contributed by atoms with Gasteiger partial charge in [-0.1, -0.05) is 36.4 Å². The monoisotopic (exact) mass is 400 g/mol. The molecule has 2 aromatic rings. The minimum Gasteiger partial charge on any atom is -0.443 e. The summed E-state index contributed by atoms with van der Waals surface area (Å²) in [4.78, 5) is 14.3. The van der Waals surface area contributed by atoms with Crippen LogP contribution in [0.3, 0.4) is 0 Å². The number of sulfonamides is 1. The summed E-state index contributed by atoms with van der Waals surface area (Å²) in [6.45, 7) is 10.9. The molecule has 1 atom stereocenters. The molecule has 0 fully saturated rings. The van der Waals surface area contributed by atoms with Gasteiger partial charge in [-0.3, -0.25) is 0 Å². The second-order valence-corrected chi connectivity index (χ2v) is 9.42. The summed E-state index contributed by atoms with van der Waals surface area (Å²) < 4.78 is 33.6. The number of para-hydroxylation sites is 2. The molecule has 0 saturated carbocycles. The maximum Gasteiger partial charge on any atom is 0.416 e. The number of anilines is 2. The molecule has 1 heterocycles. The van der Waals surface area contributed by atoms with E-state index in [4.69, 9.17) is 4.74 Å². The third-order valence-corrected chi connectivity index (χ3v) is 6.06.